The summed E-state index contributed by atoms with van der Waals surface area (Å²) >= 11 is 0. The summed E-state index contributed by atoms with van der Waals surface area (Å²) in [6.07, 6.45) is 3.15. The summed E-state index contributed by atoms with van der Waals surface area (Å²) < 4.78 is 5.67. The van der Waals surface area contributed by atoms with Crippen LogP contribution in [0.15, 0.2) is 30.3 Å². The molecule has 0 spiro atoms. The highest BCUT2D eigenvalue weighted by Gasteiger charge is 2.41. The van der Waals surface area contributed by atoms with E-state index in [-0.39, 0.29) is 11.1 Å². The van der Waals surface area contributed by atoms with Gasteiger partial charge in [0.05, 0.1) is 0 Å². The number of benzene rings is 1. The van der Waals surface area contributed by atoms with Crippen LogP contribution in [0, 0.1) is 0 Å². The van der Waals surface area contributed by atoms with Crippen molar-refractivity contribution in [1.29, 1.82) is 0 Å². The molecule has 0 bridgehead atoms. The molecule has 2 rings (SSSR count). The van der Waals surface area contributed by atoms with E-state index in [2.05, 4.69) is 32.6 Å². The van der Waals surface area contributed by atoms with Crippen LogP contribution in [0.3, 0.4) is 0 Å². The van der Waals surface area contributed by atoms with Gasteiger partial charge in [-0.05, 0) is 59.1 Å². The van der Waals surface area contributed by atoms with E-state index in [0.29, 0.717) is 13.2 Å². The van der Waals surface area contributed by atoms with Gasteiger partial charge in [0.1, 0.15) is 18.5 Å². The number of aliphatic hydroxyl groups is 1. The standard InChI is InChI=1S/C18H29NO2/c1-17(2)11-8-12-18(3,4)19(17)13-15(20)14-21-16-9-6-5-7-10-16/h5-7,9-10,15,20H,8,11-14H2,1-4H3/t15-/m0/s1. The monoisotopic (exact) mass is 291 g/mol. The SMILES string of the molecule is CC1(C)CCCC(C)(C)N1C[C@H](O)COc1ccccc1. The van der Waals surface area contributed by atoms with Gasteiger partial charge in [0.2, 0.25) is 0 Å². The van der Waals surface area contributed by atoms with Gasteiger partial charge in [0.15, 0.2) is 0 Å². The number of para-hydroxylation sites is 1. The molecule has 0 radical (unpaired) electrons. The van der Waals surface area contributed by atoms with Crippen molar-refractivity contribution in [3.63, 3.8) is 0 Å². The van der Waals surface area contributed by atoms with Crippen molar-refractivity contribution in [2.75, 3.05) is 13.2 Å². The predicted octanol–water partition coefficient (Wildman–Crippen LogP) is 3.47. The summed E-state index contributed by atoms with van der Waals surface area (Å²) in [6.45, 7) is 10.1. The normalized spacial score (nSPS) is 22.7. The van der Waals surface area contributed by atoms with Gasteiger partial charge in [-0.1, -0.05) is 18.2 Å². The van der Waals surface area contributed by atoms with E-state index in [1.54, 1.807) is 0 Å². The maximum atomic E-state index is 10.4. The van der Waals surface area contributed by atoms with Crippen molar-refractivity contribution in [3.8, 4) is 5.75 Å². The number of β-amino-alcohol motifs (C(OH)–C–C–N with tert-alkyl or cyclic N) is 1. The lowest BCUT2D eigenvalue weighted by molar-refractivity contribution is -0.0606. The highest BCUT2D eigenvalue weighted by molar-refractivity contribution is 5.20. The maximum absolute atomic E-state index is 10.4. The Morgan fingerprint density at radius 3 is 2.24 bits per heavy atom. The van der Waals surface area contributed by atoms with Crippen molar-refractivity contribution in [2.45, 2.75) is 64.1 Å². The van der Waals surface area contributed by atoms with Crippen LogP contribution in [0.25, 0.3) is 0 Å². The Hall–Kier alpha value is -1.06. The molecule has 1 aliphatic rings. The Kier molecular flexibility index (Phi) is 4.95. The van der Waals surface area contributed by atoms with Gasteiger partial charge in [-0.3, -0.25) is 4.90 Å². The second-order valence-electron chi connectivity index (χ2n) is 7.37. The first-order chi connectivity index (χ1) is 9.81. The first-order valence-corrected chi connectivity index (χ1v) is 7.95. The second kappa shape index (κ2) is 6.37. The molecular weight excluding hydrogens is 262 g/mol. The molecule has 21 heavy (non-hydrogen) atoms. The van der Waals surface area contributed by atoms with E-state index >= 15 is 0 Å². The Bertz CT molecular complexity index is 426. The average Bonchev–Trinajstić information content (AvgIpc) is 2.41. The fraction of sp³-hybridized carbons (Fsp3) is 0.667. The number of nitrogens with zero attached hydrogens (tertiary/aromatic N) is 1. The van der Waals surface area contributed by atoms with Gasteiger partial charge >= 0.3 is 0 Å². The number of aliphatic hydroxyl groups excluding tert-OH is 1. The third kappa shape index (κ3) is 4.21. The van der Waals surface area contributed by atoms with Gasteiger partial charge < -0.3 is 9.84 Å². The van der Waals surface area contributed by atoms with Crippen LogP contribution in [-0.4, -0.2) is 40.3 Å². The Morgan fingerprint density at radius 2 is 1.67 bits per heavy atom. The van der Waals surface area contributed by atoms with E-state index in [4.69, 9.17) is 4.74 Å². The summed E-state index contributed by atoms with van der Waals surface area (Å²) in [5.74, 6) is 0.814. The van der Waals surface area contributed by atoms with Crippen LogP contribution in [-0.2, 0) is 0 Å². The number of ether oxygens (including phenoxy) is 1. The molecule has 0 aromatic heterocycles. The summed E-state index contributed by atoms with van der Waals surface area (Å²) in [5.41, 5.74) is 0.269. The van der Waals surface area contributed by atoms with Crippen LogP contribution >= 0.6 is 0 Å². The molecule has 1 atom stereocenters. The van der Waals surface area contributed by atoms with Gasteiger partial charge in [0, 0.05) is 17.6 Å². The first kappa shape index (κ1) is 16.3. The third-order valence-electron chi connectivity index (χ3n) is 4.62. The molecule has 1 aromatic carbocycles. The minimum absolute atomic E-state index is 0.134. The number of rotatable bonds is 5. The molecule has 1 aromatic rings. The zero-order chi connectivity index (χ0) is 15.5. The number of likely N-dealkylation sites (tertiary alicyclic amines) is 1. The molecule has 3 nitrogen and oxygen atoms in total. The van der Waals surface area contributed by atoms with E-state index in [1.807, 2.05) is 30.3 Å². The second-order valence-corrected chi connectivity index (χ2v) is 7.37. The van der Waals surface area contributed by atoms with Crippen LogP contribution < -0.4 is 4.74 Å². The number of hydrogen-bond acceptors (Lipinski definition) is 3. The minimum Gasteiger partial charge on any atom is -0.491 e. The number of hydrogen-bond donors (Lipinski definition) is 1. The van der Waals surface area contributed by atoms with Crippen LogP contribution in [0.1, 0.15) is 47.0 Å². The van der Waals surface area contributed by atoms with Crippen molar-refractivity contribution in [1.82, 2.24) is 4.90 Å². The van der Waals surface area contributed by atoms with Gasteiger partial charge in [-0.2, -0.15) is 0 Å². The van der Waals surface area contributed by atoms with Crippen molar-refractivity contribution >= 4 is 0 Å². The van der Waals surface area contributed by atoms with Gasteiger partial charge in [-0.25, -0.2) is 0 Å². The molecule has 0 aliphatic carbocycles. The Balaban J connectivity index is 1.92. The molecule has 1 aliphatic heterocycles. The molecule has 0 saturated carbocycles. The van der Waals surface area contributed by atoms with Crippen molar-refractivity contribution < 1.29 is 9.84 Å². The zero-order valence-corrected chi connectivity index (χ0v) is 13.8. The smallest absolute Gasteiger partial charge is 0.119 e. The fourth-order valence-corrected chi connectivity index (χ4v) is 3.51. The predicted molar refractivity (Wildman–Crippen MR) is 86.7 cm³/mol. The molecular formula is C18H29NO2. The number of piperidine rings is 1. The molecule has 1 N–H and O–H groups in total. The first-order valence-electron chi connectivity index (χ1n) is 7.95. The highest BCUT2D eigenvalue weighted by Crippen LogP contribution is 2.38. The molecule has 1 fully saturated rings. The van der Waals surface area contributed by atoms with Crippen molar-refractivity contribution in [3.05, 3.63) is 30.3 Å². The largest absolute Gasteiger partial charge is 0.491 e. The summed E-state index contributed by atoms with van der Waals surface area (Å²) in [7, 11) is 0. The van der Waals surface area contributed by atoms with Crippen LogP contribution in [0.4, 0.5) is 0 Å². The highest BCUT2D eigenvalue weighted by atomic mass is 16.5. The minimum atomic E-state index is -0.471. The van der Waals surface area contributed by atoms with Crippen LogP contribution in [0.5, 0.6) is 5.75 Å². The summed E-state index contributed by atoms with van der Waals surface area (Å²) in [6, 6.07) is 9.68. The quantitative estimate of drug-likeness (QED) is 0.901. The topological polar surface area (TPSA) is 32.7 Å². The zero-order valence-electron chi connectivity index (χ0n) is 13.8. The molecule has 1 saturated heterocycles. The lowest BCUT2D eigenvalue weighted by Crippen LogP contribution is -2.60. The molecule has 118 valence electrons. The van der Waals surface area contributed by atoms with Crippen molar-refractivity contribution in [2.24, 2.45) is 0 Å². The Morgan fingerprint density at radius 1 is 1.10 bits per heavy atom. The van der Waals surface area contributed by atoms with Gasteiger partial charge in [0.25, 0.3) is 0 Å². The maximum Gasteiger partial charge on any atom is 0.119 e. The van der Waals surface area contributed by atoms with Gasteiger partial charge in [-0.15, -0.1) is 0 Å². The van der Waals surface area contributed by atoms with Crippen LogP contribution in [0.2, 0.25) is 0 Å². The van der Waals surface area contributed by atoms with E-state index in [1.165, 1.54) is 19.3 Å². The Labute approximate surface area is 128 Å². The average molecular weight is 291 g/mol. The molecule has 1 heterocycles. The van der Waals surface area contributed by atoms with E-state index < -0.39 is 6.10 Å². The molecule has 0 amide bonds. The lowest BCUT2D eigenvalue weighted by atomic mass is 9.79. The molecule has 0 unspecified atom stereocenters. The fourth-order valence-electron chi connectivity index (χ4n) is 3.51. The summed E-state index contributed by atoms with van der Waals surface area (Å²) in [4.78, 5) is 2.45. The lowest BCUT2D eigenvalue weighted by Gasteiger charge is -2.53. The van der Waals surface area contributed by atoms with E-state index in [0.717, 1.165) is 5.75 Å². The molecule has 3 heteroatoms. The summed E-state index contributed by atoms with van der Waals surface area (Å²) in [5, 5.41) is 10.4. The third-order valence-corrected chi connectivity index (χ3v) is 4.62. The van der Waals surface area contributed by atoms with E-state index in [9.17, 15) is 5.11 Å².